The minimum Gasteiger partial charge on any atom is -0.351 e. The molecule has 120 valence electrons. The molecule has 0 aliphatic carbocycles. The number of aryl methyl sites for hydroxylation is 2. The SMILES string of the molecule is CCCCCCNC(=O)c1ccn(Cn2nc(C)cc2C)n1. The molecule has 1 N–H and O–H groups in total. The van der Waals surface area contributed by atoms with Crippen LogP contribution in [0.25, 0.3) is 0 Å². The summed E-state index contributed by atoms with van der Waals surface area (Å²) >= 11 is 0. The number of hydrogen-bond acceptors (Lipinski definition) is 3. The monoisotopic (exact) mass is 303 g/mol. The molecule has 6 heteroatoms. The lowest BCUT2D eigenvalue weighted by Gasteiger charge is -2.05. The Balaban J connectivity index is 1.85. The van der Waals surface area contributed by atoms with E-state index in [1.807, 2.05) is 30.8 Å². The van der Waals surface area contributed by atoms with Gasteiger partial charge in [0.2, 0.25) is 0 Å². The zero-order valence-electron chi connectivity index (χ0n) is 13.7. The number of nitrogens with one attached hydrogen (secondary N) is 1. The van der Waals surface area contributed by atoms with Gasteiger partial charge in [0.1, 0.15) is 12.4 Å². The van der Waals surface area contributed by atoms with Crippen molar-refractivity contribution in [2.45, 2.75) is 53.1 Å². The largest absolute Gasteiger partial charge is 0.351 e. The number of hydrogen-bond donors (Lipinski definition) is 1. The molecule has 0 atom stereocenters. The third-order valence-corrected chi connectivity index (χ3v) is 3.57. The molecule has 0 bridgehead atoms. The van der Waals surface area contributed by atoms with E-state index in [-0.39, 0.29) is 5.91 Å². The smallest absolute Gasteiger partial charge is 0.271 e. The Morgan fingerprint density at radius 1 is 1.23 bits per heavy atom. The first-order valence-electron chi connectivity index (χ1n) is 7.93. The van der Waals surface area contributed by atoms with E-state index in [0.717, 1.165) is 24.2 Å². The van der Waals surface area contributed by atoms with Crippen molar-refractivity contribution in [3.8, 4) is 0 Å². The second-order valence-corrected chi connectivity index (χ2v) is 5.63. The van der Waals surface area contributed by atoms with Crippen molar-refractivity contribution < 1.29 is 4.79 Å². The quantitative estimate of drug-likeness (QED) is 0.762. The van der Waals surface area contributed by atoms with Gasteiger partial charge in [-0.15, -0.1) is 0 Å². The Kier molecular flexibility index (Phi) is 5.75. The molecule has 0 aliphatic rings. The van der Waals surface area contributed by atoms with Crippen LogP contribution >= 0.6 is 0 Å². The number of nitrogens with zero attached hydrogens (tertiary/aromatic N) is 4. The molecule has 0 saturated heterocycles. The molecule has 0 fully saturated rings. The van der Waals surface area contributed by atoms with E-state index in [2.05, 4.69) is 22.4 Å². The third kappa shape index (κ3) is 4.44. The molecule has 22 heavy (non-hydrogen) atoms. The van der Waals surface area contributed by atoms with Gasteiger partial charge in [0.05, 0.1) is 5.69 Å². The summed E-state index contributed by atoms with van der Waals surface area (Å²) in [4.78, 5) is 12.0. The number of carbonyl (C=O) groups excluding carboxylic acids is 1. The standard InChI is InChI=1S/C16H25N5O/c1-4-5-6-7-9-17-16(22)15-8-10-20(19-15)12-21-14(3)11-13(2)18-21/h8,10-11H,4-7,9,12H2,1-3H3,(H,17,22). The van der Waals surface area contributed by atoms with Crippen molar-refractivity contribution in [3.05, 3.63) is 35.4 Å². The lowest BCUT2D eigenvalue weighted by atomic mass is 10.2. The maximum Gasteiger partial charge on any atom is 0.271 e. The molecule has 0 radical (unpaired) electrons. The maximum absolute atomic E-state index is 12.0. The third-order valence-electron chi connectivity index (χ3n) is 3.57. The second kappa shape index (κ2) is 7.77. The van der Waals surface area contributed by atoms with E-state index in [4.69, 9.17) is 0 Å². The number of amides is 1. The molecule has 2 aromatic heterocycles. The Hall–Kier alpha value is -2.11. The van der Waals surface area contributed by atoms with E-state index in [1.165, 1.54) is 12.8 Å². The van der Waals surface area contributed by atoms with E-state index in [1.54, 1.807) is 10.7 Å². The first-order chi connectivity index (χ1) is 10.6. The van der Waals surface area contributed by atoms with Crippen LogP contribution in [0.5, 0.6) is 0 Å². The molecule has 0 aromatic carbocycles. The predicted octanol–water partition coefficient (Wildman–Crippen LogP) is 2.51. The zero-order valence-corrected chi connectivity index (χ0v) is 13.7. The number of carbonyl (C=O) groups is 1. The average molecular weight is 303 g/mol. The molecular weight excluding hydrogens is 278 g/mol. The highest BCUT2D eigenvalue weighted by molar-refractivity contribution is 5.92. The van der Waals surface area contributed by atoms with Gasteiger partial charge in [-0.1, -0.05) is 26.2 Å². The second-order valence-electron chi connectivity index (χ2n) is 5.63. The molecule has 1 amide bonds. The molecule has 2 heterocycles. The van der Waals surface area contributed by atoms with Gasteiger partial charge >= 0.3 is 0 Å². The summed E-state index contributed by atoms with van der Waals surface area (Å²) in [7, 11) is 0. The minimum absolute atomic E-state index is 0.108. The van der Waals surface area contributed by atoms with Gasteiger partial charge in [-0.25, -0.2) is 4.68 Å². The Bertz CT molecular complexity index is 614. The first-order valence-corrected chi connectivity index (χ1v) is 7.93. The van der Waals surface area contributed by atoms with Crippen molar-refractivity contribution in [2.24, 2.45) is 0 Å². The lowest BCUT2D eigenvalue weighted by molar-refractivity contribution is 0.0947. The Labute approximate surface area is 131 Å². The fourth-order valence-electron chi connectivity index (χ4n) is 2.36. The van der Waals surface area contributed by atoms with Crippen LogP contribution in [0.3, 0.4) is 0 Å². The van der Waals surface area contributed by atoms with Crippen LogP contribution < -0.4 is 5.32 Å². The van der Waals surface area contributed by atoms with Crippen LogP contribution in [0.2, 0.25) is 0 Å². The normalized spacial score (nSPS) is 10.9. The van der Waals surface area contributed by atoms with Crippen LogP contribution in [-0.2, 0) is 6.67 Å². The molecule has 0 aliphatic heterocycles. The molecule has 2 aromatic rings. The predicted molar refractivity (Wildman–Crippen MR) is 85.8 cm³/mol. The van der Waals surface area contributed by atoms with Gasteiger partial charge in [-0.3, -0.25) is 9.48 Å². The topological polar surface area (TPSA) is 64.7 Å². The van der Waals surface area contributed by atoms with Gasteiger partial charge in [-0.05, 0) is 32.4 Å². The fraction of sp³-hybridized carbons (Fsp3) is 0.562. The minimum atomic E-state index is -0.108. The van der Waals surface area contributed by atoms with E-state index in [9.17, 15) is 4.79 Å². The maximum atomic E-state index is 12.0. The van der Waals surface area contributed by atoms with E-state index < -0.39 is 0 Å². The van der Waals surface area contributed by atoms with Crippen molar-refractivity contribution in [3.63, 3.8) is 0 Å². The Morgan fingerprint density at radius 2 is 2.05 bits per heavy atom. The number of rotatable bonds is 8. The van der Waals surface area contributed by atoms with Crippen LogP contribution in [0.4, 0.5) is 0 Å². The van der Waals surface area contributed by atoms with Gasteiger partial charge in [0.25, 0.3) is 5.91 Å². The van der Waals surface area contributed by atoms with Gasteiger partial charge < -0.3 is 5.32 Å². The number of unbranched alkanes of at least 4 members (excludes halogenated alkanes) is 3. The summed E-state index contributed by atoms with van der Waals surface area (Å²) in [5.74, 6) is -0.108. The summed E-state index contributed by atoms with van der Waals surface area (Å²) in [5, 5.41) is 11.6. The Morgan fingerprint density at radius 3 is 2.73 bits per heavy atom. The summed E-state index contributed by atoms with van der Waals surface area (Å²) in [6.45, 7) is 7.37. The number of aromatic nitrogens is 4. The summed E-state index contributed by atoms with van der Waals surface area (Å²) < 4.78 is 3.60. The van der Waals surface area contributed by atoms with Crippen molar-refractivity contribution in [1.82, 2.24) is 24.9 Å². The highest BCUT2D eigenvalue weighted by Crippen LogP contribution is 2.03. The lowest BCUT2D eigenvalue weighted by Crippen LogP contribution is -2.25. The van der Waals surface area contributed by atoms with Crippen LogP contribution in [0.1, 0.15) is 54.5 Å². The van der Waals surface area contributed by atoms with Gasteiger partial charge in [0, 0.05) is 18.4 Å². The summed E-state index contributed by atoms with van der Waals surface area (Å²) in [6.07, 6.45) is 6.40. The van der Waals surface area contributed by atoms with Gasteiger partial charge in [0.15, 0.2) is 0 Å². The average Bonchev–Trinajstić information content (AvgIpc) is 3.06. The first kappa shape index (κ1) is 16.3. The van der Waals surface area contributed by atoms with Gasteiger partial charge in [-0.2, -0.15) is 10.2 Å². The fourth-order valence-corrected chi connectivity index (χ4v) is 2.36. The zero-order chi connectivity index (χ0) is 15.9. The van der Waals surface area contributed by atoms with Crippen LogP contribution in [-0.4, -0.2) is 32.0 Å². The van der Waals surface area contributed by atoms with Crippen molar-refractivity contribution >= 4 is 5.91 Å². The van der Waals surface area contributed by atoms with E-state index >= 15 is 0 Å². The molecule has 2 rings (SSSR count). The van der Waals surface area contributed by atoms with Crippen molar-refractivity contribution in [2.75, 3.05) is 6.54 Å². The highest BCUT2D eigenvalue weighted by atomic mass is 16.1. The molecular formula is C16H25N5O. The highest BCUT2D eigenvalue weighted by Gasteiger charge is 2.09. The van der Waals surface area contributed by atoms with Crippen LogP contribution in [0.15, 0.2) is 18.3 Å². The molecule has 0 unspecified atom stereocenters. The summed E-state index contributed by atoms with van der Waals surface area (Å²) in [5.41, 5.74) is 2.52. The van der Waals surface area contributed by atoms with Crippen molar-refractivity contribution in [1.29, 1.82) is 0 Å². The molecule has 6 nitrogen and oxygen atoms in total. The van der Waals surface area contributed by atoms with E-state index in [0.29, 0.717) is 18.9 Å². The summed E-state index contributed by atoms with van der Waals surface area (Å²) in [6, 6.07) is 3.76. The molecule has 0 spiro atoms. The van der Waals surface area contributed by atoms with Crippen LogP contribution in [0, 0.1) is 13.8 Å². The molecule has 0 saturated carbocycles.